The third-order valence-corrected chi connectivity index (χ3v) is 5.01. The maximum absolute atomic E-state index is 12.6. The lowest BCUT2D eigenvalue weighted by Crippen LogP contribution is -2.32. The first kappa shape index (κ1) is 12.4. The van der Waals surface area contributed by atoms with Gasteiger partial charge < -0.3 is 0 Å². The number of carbonyl (C=O) groups excluding carboxylic acids is 2. The van der Waals surface area contributed by atoms with Crippen LogP contribution in [0.5, 0.6) is 0 Å². The molecule has 1 heterocycles. The Morgan fingerprint density at radius 2 is 1.40 bits per heavy atom. The van der Waals surface area contributed by atoms with Crippen molar-refractivity contribution in [3.63, 3.8) is 0 Å². The van der Waals surface area contributed by atoms with Gasteiger partial charge in [0.25, 0.3) is 0 Å². The predicted octanol–water partition coefficient (Wildman–Crippen LogP) is 3.30. The van der Waals surface area contributed by atoms with Crippen LogP contribution in [0.25, 0.3) is 0 Å². The molecule has 4 unspecified atom stereocenters. The highest BCUT2D eigenvalue weighted by molar-refractivity contribution is 6.35. The van der Waals surface area contributed by atoms with Crippen molar-refractivity contribution in [2.24, 2.45) is 23.7 Å². The summed E-state index contributed by atoms with van der Waals surface area (Å²) in [6.07, 6.45) is 5.08. The van der Waals surface area contributed by atoms with Gasteiger partial charge in [0, 0.05) is 10.0 Å². The number of allylic oxidation sites excluding steroid dienone is 2. The summed E-state index contributed by atoms with van der Waals surface area (Å²) < 4.78 is 0. The van der Waals surface area contributed by atoms with E-state index in [1.165, 1.54) is 4.90 Å². The van der Waals surface area contributed by atoms with Gasteiger partial charge in [-0.2, -0.15) is 0 Å². The van der Waals surface area contributed by atoms with Gasteiger partial charge in [-0.3, -0.25) is 9.59 Å². The third-order valence-electron chi connectivity index (χ3n) is 4.58. The molecule has 1 aliphatic heterocycles. The van der Waals surface area contributed by atoms with Gasteiger partial charge in [0.15, 0.2) is 0 Å². The monoisotopic (exact) mass is 307 g/mol. The van der Waals surface area contributed by atoms with Gasteiger partial charge in [-0.25, -0.2) is 4.90 Å². The fourth-order valence-corrected chi connectivity index (χ4v) is 4.34. The molecule has 4 rings (SSSR count). The van der Waals surface area contributed by atoms with Crippen molar-refractivity contribution >= 4 is 40.7 Å². The van der Waals surface area contributed by atoms with E-state index < -0.39 is 0 Å². The number of anilines is 1. The number of fused-ring (bicyclic) bond motifs is 5. The smallest absolute Gasteiger partial charge is 0.238 e. The number of nitrogens with zero attached hydrogens (tertiary/aromatic N) is 1. The minimum atomic E-state index is -0.199. The molecule has 20 heavy (non-hydrogen) atoms. The molecule has 2 aliphatic carbocycles. The number of halogens is 2. The number of hydrogen-bond acceptors (Lipinski definition) is 2. The van der Waals surface area contributed by atoms with Crippen LogP contribution >= 0.6 is 23.2 Å². The van der Waals surface area contributed by atoms with Crippen LogP contribution in [0.4, 0.5) is 5.69 Å². The van der Waals surface area contributed by atoms with Crippen molar-refractivity contribution in [1.29, 1.82) is 0 Å². The van der Waals surface area contributed by atoms with Crippen molar-refractivity contribution in [2.75, 3.05) is 4.90 Å². The summed E-state index contributed by atoms with van der Waals surface area (Å²) in [5.74, 6) is -0.210. The van der Waals surface area contributed by atoms with Gasteiger partial charge in [0.1, 0.15) is 0 Å². The van der Waals surface area contributed by atoms with E-state index in [1.54, 1.807) is 18.2 Å². The predicted molar refractivity (Wildman–Crippen MR) is 76.7 cm³/mol. The van der Waals surface area contributed by atoms with Crippen LogP contribution in [0.3, 0.4) is 0 Å². The molecule has 3 nitrogen and oxygen atoms in total. The minimum Gasteiger partial charge on any atom is -0.274 e. The average molecular weight is 308 g/mol. The highest BCUT2D eigenvalue weighted by atomic mass is 35.5. The molecule has 1 aromatic carbocycles. The van der Waals surface area contributed by atoms with E-state index in [4.69, 9.17) is 23.2 Å². The van der Waals surface area contributed by atoms with E-state index in [1.807, 2.05) is 0 Å². The van der Waals surface area contributed by atoms with Crippen LogP contribution in [0.2, 0.25) is 10.0 Å². The van der Waals surface area contributed by atoms with Crippen LogP contribution in [0.15, 0.2) is 30.4 Å². The Morgan fingerprint density at radius 3 is 1.90 bits per heavy atom. The first-order valence-electron chi connectivity index (χ1n) is 6.58. The Labute approximate surface area is 126 Å². The molecule has 2 fully saturated rings. The van der Waals surface area contributed by atoms with Crippen molar-refractivity contribution in [2.45, 2.75) is 6.42 Å². The molecule has 5 heteroatoms. The Bertz CT molecular complexity index is 620. The van der Waals surface area contributed by atoms with Gasteiger partial charge in [0.2, 0.25) is 11.8 Å². The molecule has 1 saturated carbocycles. The second-order valence-electron chi connectivity index (χ2n) is 5.64. The van der Waals surface area contributed by atoms with Crippen LogP contribution in [0, 0.1) is 23.7 Å². The van der Waals surface area contributed by atoms with Crippen molar-refractivity contribution < 1.29 is 9.59 Å². The zero-order valence-corrected chi connectivity index (χ0v) is 11.9. The van der Waals surface area contributed by atoms with Crippen molar-refractivity contribution in [3.05, 3.63) is 40.4 Å². The summed E-state index contributed by atoms with van der Waals surface area (Å²) in [5, 5.41) is 0.845. The fraction of sp³-hybridized carbons (Fsp3) is 0.333. The number of hydrogen-bond donors (Lipinski definition) is 0. The molecule has 1 aromatic rings. The number of rotatable bonds is 1. The van der Waals surface area contributed by atoms with Gasteiger partial charge >= 0.3 is 0 Å². The van der Waals surface area contributed by atoms with Crippen LogP contribution < -0.4 is 4.90 Å². The lowest BCUT2D eigenvalue weighted by atomic mass is 9.85. The molecule has 2 amide bonds. The topological polar surface area (TPSA) is 37.4 Å². The standard InChI is InChI=1S/C15H11Cl2NO2/c16-9-4-10(17)6-11(5-9)18-14(19)12-7-1-2-8(3-7)13(12)15(18)20/h1-2,4-8,12-13H,3H2. The number of carbonyl (C=O) groups is 2. The Hall–Kier alpha value is -1.32. The van der Waals surface area contributed by atoms with Crippen molar-refractivity contribution in [3.8, 4) is 0 Å². The molecule has 0 N–H and O–H groups in total. The SMILES string of the molecule is O=C1C2C3C=CC(C3)C2C(=O)N1c1cc(Cl)cc(Cl)c1. The molecule has 0 spiro atoms. The van der Waals surface area contributed by atoms with E-state index in [-0.39, 0.29) is 35.5 Å². The van der Waals surface area contributed by atoms with E-state index in [0.717, 1.165) is 6.42 Å². The van der Waals surface area contributed by atoms with Gasteiger partial charge in [0.05, 0.1) is 17.5 Å². The molecule has 0 aromatic heterocycles. The fourth-order valence-electron chi connectivity index (χ4n) is 3.83. The van der Waals surface area contributed by atoms with E-state index in [2.05, 4.69) is 12.2 Å². The van der Waals surface area contributed by atoms with Gasteiger partial charge in [-0.1, -0.05) is 35.4 Å². The second-order valence-corrected chi connectivity index (χ2v) is 6.51. The largest absolute Gasteiger partial charge is 0.274 e. The highest BCUT2D eigenvalue weighted by Crippen LogP contribution is 2.53. The summed E-state index contributed by atoms with van der Waals surface area (Å²) in [4.78, 5) is 26.5. The lowest BCUT2D eigenvalue weighted by molar-refractivity contribution is -0.123. The Kier molecular flexibility index (Phi) is 2.54. The average Bonchev–Trinajstić information content (AvgIpc) is 3.02. The first-order valence-corrected chi connectivity index (χ1v) is 7.34. The summed E-state index contributed by atoms with van der Waals surface area (Å²) >= 11 is 11.9. The summed E-state index contributed by atoms with van der Waals surface area (Å²) in [5.41, 5.74) is 0.478. The Balaban J connectivity index is 1.78. The molecular weight excluding hydrogens is 297 g/mol. The summed E-state index contributed by atoms with van der Waals surface area (Å²) in [7, 11) is 0. The summed E-state index contributed by atoms with van der Waals surface area (Å²) in [6, 6.07) is 4.81. The number of imide groups is 1. The van der Waals surface area contributed by atoms with E-state index >= 15 is 0 Å². The van der Waals surface area contributed by atoms with Crippen LogP contribution in [-0.2, 0) is 9.59 Å². The zero-order valence-electron chi connectivity index (χ0n) is 10.4. The first-order chi connectivity index (χ1) is 9.56. The normalized spacial score (nSPS) is 34.2. The number of amides is 2. The van der Waals surface area contributed by atoms with E-state index in [9.17, 15) is 9.59 Å². The molecule has 2 bridgehead atoms. The third kappa shape index (κ3) is 1.54. The molecular formula is C15H11Cl2NO2. The van der Waals surface area contributed by atoms with Crippen molar-refractivity contribution in [1.82, 2.24) is 0 Å². The maximum Gasteiger partial charge on any atom is 0.238 e. The van der Waals surface area contributed by atoms with E-state index in [0.29, 0.717) is 15.7 Å². The lowest BCUT2D eigenvalue weighted by Gasteiger charge is -2.17. The maximum atomic E-state index is 12.6. The molecule has 0 radical (unpaired) electrons. The number of benzene rings is 1. The minimum absolute atomic E-state index is 0.116. The van der Waals surface area contributed by atoms with Gasteiger partial charge in [-0.05, 0) is 36.5 Å². The van der Waals surface area contributed by atoms with Gasteiger partial charge in [-0.15, -0.1) is 0 Å². The molecule has 3 aliphatic rings. The second kappa shape index (κ2) is 4.09. The van der Waals surface area contributed by atoms with Crippen LogP contribution in [-0.4, -0.2) is 11.8 Å². The highest BCUT2D eigenvalue weighted by Gasteiger charge is 2.59. The quantitative estimate of drug-likeness (QED) is 0.589. The zero-order chi connectivity index (χ0) is 14.0. The molecule has 4 atom stereocenters. The Morgan fingerprint density at radius 1 is 0.900 bits per heavy atom. The molecule has 102 valence electrons. The molecule has 1 saturated heterocycles. The summed E-state index contributed by atoms with van der Waals surface area (Å²) in [6.45, 7) is 0. The van der Waals surface area contributed by atoms with Crippen LogP contribution in [0.1, 0.15) is 6.42 Å².